The standard InChI is InChI=1S/C9H5ClF2N2OS/c10-9-14-13-8(16-9)4-15-7-2-1-5(11)3-6(7)12/h1-3H,4H2. The Balaban J connectivity index is 2.04. The quantitative estimate of drug-likeness (QED) is 0.853. The molecule has 0 aliphatic heterocycles. The Hall–Kier alpha value is -1.27. The zero-order valence-electron chi connectivity index (χ0n) is 7.78. The summed E-state index contributed by atoms with van der Waals surface area (Å²) in [6.07, 6.45) is 0. The molecule has 7 heteroatoms. The average molecular weight is 263 g/mol. The molecular formula is C9H5ClF2N2OS. The van der Waals surface area contributed by atoms with Crippen LogP contribution in [0.2, 0.25) is 4.47 Å². The predicted molar refractivity (Wildman–Crippen MR) is 55.6 cm³/mol. The van der Waals surface area contributed by atoms with Crippen LogP contribution in [-0.2, 0) is 6.61 Å². The lowest BCUT2D eigenvalue weighted by atomic mass is 10.3. The van der Waals surface area contributed by atoms with Crippen LogP contribution < -0.4 is 4.74 Å². The normalized spacial score (nSPS) is 10.4. The van der Waals surface area contributed by atoms with Crippen molar-refractivity contribution in [3.8, 4) is 5.75 Å². The van der Waals surface area contributed by atoms with E-state index >= 15 is 0 Å². The van der Waals surface area contributed by atoms with Gasteiger partial charge in [0.1, 0.15) is 12.4 Å². The van der Waals surface area contributed by atoms with Gasteiger partial charge < -0.3 is 4.74 Å². The van der Waals surface area contributed by atoms with Gasteiger partial charge in [-0.3, -0.25) is 0 Å². The molecule has 0 amide bonds. The first-order chi connectivity index (χ1) is 7.65. The first kappa shape index (κ1) is 11.2. The first-order valence-electron chi connectivity index (χ1n) is 4.21. The lowest BCUT2D eigenvalue weighted by molar-refractivity contribution is 0.288. The van der Waals surface area contributed by atoms with Crippen molar-refractivity contribution < 1.29 is 13.5 Å². The molecule has 0 unspecified atom stereocenters. The van der Waals surface area contributed by atoms with Gasteiger partial charge in [0.15, 0.2) is 16.6 Å². The van der Waals surface area contributed by atoms with Crippen LogP contribution in [0.5, 0.6) is 5.75 Å². The van der Waals surface area contributed by atoms with Crippen LogP contribution in [-0.4, -0.2) is 10.2 Å². The third-order valence-electron chi connectivity index (χ3n) is 1.69. The summed E-state index contributed by atoms with van der Waals surface area (Å²) < 4.78 is 31.1. The largest absolute Gasteiger partial charge is 0.483 e. The van der Waals surface area contributed by atoms with Gasteiger partial charge in [-0.2, -0.15) is 0 Å². The third kappa shape index (κ3) is 2.65. The summed E-state index contributed by atoms with van der Waals surface area (Å²) in [5.74, 6) is -1.44. The van der Waals surface area contributed by atoms with Crippen molar-refractivity contribution in [2.45, 2.75) is 6.61 Å². The van der Waals surface area contributed by atoms with E-state index in [2.05, 4.69) is 10.2 Å². The van der Waals surface area contributed by atoms with E-state index in [0.29, 0.717) is 5.01 Å². The van der Waals surface area contributed by atoms with Crippen molar-refractivity contribution >= 4 is 22.9 Å². The van der Waals surface area contributed by atoms with Crippen molar-refractivity contribution in [3.63, 3.8) is 0 Å². The summed E-state index contributed by atoms with van der Waals surface area (Å²) >= 11 is 6.70. The van der Waals surface area contributed by atoms with Crippen LogP contribution in [0.25, 0.3) is 0 Å². The minimum absolute atomic E-state index is 0.0345. The highest BCUT2D eigenvalue weighted by atomic mass is 35.5. The van der Waals surface area contributed by atoms with E-state index in [9.17, 15) is 8.78 Å². The monoisotopic (exact) mass is 262 g/mol. The van der Waals surface area contributed by atoms with E-state index in [0.717, 1.165) is 23.5 Å². The van der Waals surface area contributed by atoms with Crippen molar-refractivity contribution in [3.05, 3.63) is 39.3 Å². The fourth-order valence-corrected chi connectivity index (χ4v) is 1.80. The summed E-state index contributed by atoms with van der Waals surface area (Å²) in [5.41, 5.74) is 0. The Morgan fingerprint density at radius 1 is 1.31 bits per heavy atom. The maximum atomic E-state index is 13.1. The Morgan fingerprint density at radius 2 is 2.12 bits per heavy atom. The third-order valence-corrected chi connectivity index (χ3v) is 2.68. The van der Waals surface area contributed by atoms with Gasteiger partial charge in [-0.15, -0.1) is 10.2 Å². The van der Waals surface area contributed by atoms with Crippen LogP contribution >= 0.6 is 22.9 Å². The molecule has 0 radical (unpaired) electrons. The fraction of sp³-hybridized carbons (Fsp3) is 0.111. The molecule has 0 saturated carbocycles. The minimum atomic E-state index is -0.754. The van der Waals surface area contributed by atoms with Crippen molar-refractivity contribution in [1.29, 1.82) is 0 Å². The molecule has 1 aromatic carbocycles. The average Bonchev–Trinajstić information content (AvgIpc) is 2.63. The van der Waals surface area contributed by atoms with Crippen LogP contribution in [0.4, 0.5) is 8.78 Å². The molecule has 0 aliphatic rings. The summed E-state index contributed by atoms with van der Waals surface area (Å²) in [4.78, 5) is 0. The highest BCUT2D eigenvalue weighted by Crippen LogP contribution is 2.21. The molecule has 2 rings (SSSR count). The second-order valence-electron chi connectivity index (χ2n) is 2.81. The van der Waals surface area contributed by atoms with Crippen molar-refractivity contribution in [2.24, 2.45) is 0 Å². The van der Waals surface area contributed by atoms with Gasteiger partial charge >= 0.3 is 0 Å². The Morgan fingerprint density at radius 3 is 2.75 bits per heavy atom. The summed E-state index contributed by atoms with van der Waals surface area (Å²) in [7, 11) is 0. The molecule has 1 heterocycles. The number of hydrogen-bond acceptors (Lipinski definition) is 4. The zero-order chi connectivity index (χ0) is 11.5. The van der Waals surface area contributed by atoms with Crippen LogP contribution in [0.3, 0.4) is 0 Å². The first-order valence-corrected chi connectivity index (χ1v) is 5.40. The Labute approximate surface area is 98.6 Å². The van der Waals surface area contributed by atoms with E-state index in [1.807, 2.05) is 0 Å². The van der Waals surface area contributed by atoms with Gasteiger partial charge in [-0.1, -0.05) is 11.3 Å². The molecule has 0 fully saturated rings. The predicted octanol–water partition coefficient (Wildman–Crippen LogP) is 3.05. The van der Waals surface area contributed by atoms with Gasteiger partial charge in [0.2, 0.25) is 4.47 Å². The SMILES string of the molecule is Fc1ccc(OCc2nnc(Cl)s2)c(F)c1. The number of aromatic nitrogens is 2. The van der Waals surface area contributed by atoms with Gasteiger partial charge in [0, 0.05) is 6.07 Å². The molecule has 0 aliphatic carbocycles. The maximum Gasteiger partial charge on any atom is 0.207 e. The molecule has 2 aromatic rings. The topological polar surface area (TPSA) is 35.0 Å². The highest BCUT2D eigenvalue weighted by molar-refractivity contribution is 7.15. The van der Waals surface area contributed by atoms with E-state index < -0.39 is 11.6 Å². The molecule has 0 N–H and O–H groups in total. The number of rotatable bonds is 3. The van der Waals surface area contributed by atoms with Crippen LogP contribution in [0.15, 0.2) is 18.2 Å². The van der Waals surface area contributed by atoms with Gasteiger partial charge in [-0.25, -0.2) is 8.78 Å². The molecule has 0 atom stereocenters. The van der Waals surface area contributed by atoms with E-state index in [4.69, 9.17) is 16.3 Å². The van der Waals surface area contributed by atoms with E-state index in [1.54, 1.807) is 0 Å². The van der Waals surface area contributed by atoms with E-state index in [-0.39, 0.29) is 16.8 Å². The molecule has 1 aromatic heterocycles. The molecule has 0 spiro atoms. The number of benzene rings is 1. The maximum absolute atomic E-state index is 13.1. The number of nitrogens with zero attached hydrogens (tertiary/aromatic N) is 2. The van der Waals surface area contributed by atoms with Crippen LogP contribution in [0.1, 0.15) is 5.01 Å². The summed E-state index contributed by atoms with van der Waals surface area (Å²) in [6.45, 7) is 0.0486. The molecule has 0 saturated heterocycles. The highest BCUT2D eigenvalue weighted by Gasteiger charge is 2.07. The molecular weight excluding hydrogens is 258 g/mol. The van der Waals surface area contributed by atoms with E-state index in [1.165, 1.54) is 6.07 Å². The number of halogens is 3. The van der Waals surface area contributed by atoms with Gasteiger partial charge in [-0.05, 0) is 23.7 Å². The van der Waals surface area contributed by atoms with Crippen molar-refractivity contribution in [1.82, 2.24) is 10.2 Å². The minimum Gasteiger partial charge on any atom is -0.483 e. The summed E-state index contributed by atoms with van der Waals surface area (Å²) in [5, 5.41) is 7.78. The zero-order valence-corrected chi connectivity index (χ0v) is 9.36. The number of hydrogen-bond donors (Lipinski definition) is 0. The Kier molecular flexibility index (Phi) is 3.31. The van der Waals surface area contributed by atoms with Gasteiger partial charge in [0.25, 0.3) is 0 Å². The fourth-order valence-electron chi connectivity index (χ4n) is 1.02. The lowest BCUT2D eigenvalue weighted by Gasteiger charge is -2.04. The van der Waals surface area contributed by atoms with Crippen molar-refractivity contribution in [2.75, 3.05) is 0 Å². The second kappa shape index (κ2) is 4.71. The molecule has 3 nitrogen and oxygen atoms in total. The van der Waals surface area contributed by atoms with Crippen LogP contribution in [0, 0.1) is 11.6 Å². The summed E-state index contributed by atoms with van der Waals surface area (Å²) in [6, 6.07) is 3.08. The molecule has 16 heavy (non-hydrogen) atoms. The molecule has 84 valence electrons. The Bertz CT molecular complexity index is 506. The number of ether oxygens (including phenoxy) is 1. The smallest absolute Gasteiger partial charge is 0.207 e. The lowest BCUT2D eigenvalue weighted by Crippen LogP contribution is -1.97. The molecule has 0 bridgehead atoms. The second-order valence-corrected chi connectivity index (χ2v) is 4.46. The van der Waals surface area contributed by atoms with Gasteiger partial charge in [0.05, 0.1) is 0 Å².